The number of anilines is 2. The zero-order valence-corrected chi connectivity index (χ0v) is 15.9. The largest absolute Gasteiger partial charge is 0.496 e. The highest BCUT2D eigenvalue weighted by molar-refractivity contribution is 5.94. The molecule has 0 saturated carbocycles. The number of carbonyl (C=O) groups excluding carboxylic acids is 2. The third-order valence-corrected chi connectivity index (χ3v) is 4.47. The molecule has 0 spiro atoms. The van der Waals surface area contributed by atoms with Gasteiger partial charge in [-0.15, -0.1) is 0 Å². The molecule has 0 unspecified atom stereocenters. The van der Waals surface area contributed by atoms with Crippen LogP contribution < -0.4 is 15.4 Å². The second kappa shape index (κ2) is 9.87. The zero-order chi connectivity index (χ0) is 19.8. The van der Waals surface area contributed by atoms with Crippen molar-refractivity contribution in [2.24, 2.45) is 0 Å². The highest BCUT2D eigenvalue weighted by Crippen LogP contribution is 2.19. The van der Waals surface area contributed by atoms with E-state index in [9.17, 15) is 9.59 Å². The first-order valence-electron chi connectivity index (χ1n) is 9.26. The highest BCUT2D eigenvalue weighted by Gasteiger charge is 2.14. The first kappa shape index (κ1) is 19.9. The average Bonchev–Trinajstić information content (AvgIpc) is 2.70. The van der Waals surface area contributed by atoms with Gasteiger partial charge in [0.25, 0.3) is 0 Å². The third kappa shape index (κ3) is 5.80. The van der Waals surface area contributed by atoms with Crippen LogP contribution in [0.15, 0.2) is 48.5 Å². The molecule has 0 atom stereocenters. The molecule has 0 aromatic heterocycles. The van der Waals surface area contributed by atoms with Crippen LogP contribution in [0.4, 0.5) is 11.4 Å². The van der Waals surface area contributed by atoms with Gasteiger partial charge in [0.15, 0.2) is 0 Å². The molecule has 3 rings (SSSR count). The van der Waals surface area contributed by atoms with Gasteiger partial charge in [-0.1, -0.05) is 18.2 Å². The Morgan fingerprint density at radius 3 is 2.21 bits per heavy atom. The van der Waals surface area contributed by atoms with Crippen molar-refractivity contribution >= 4 is 23.2 Å². The van der Waals surface area contributed by atoms with Crippen molar-refractivity contribution in [1.29, 1.82) is 0 Å². The Kier molecular flexibility index (Phi) is 7.00. The van der Waals surface area contributed by atoms with Crippen LogP contribution in [0.2, 0.25) is 0 Å². The fraction of sp³-hybridized carbons (Fsp3) is 0.333. The average molecular weight is 383 g/mol. The Morgan fingerprint density at radius 2 is 1.57 bits per heavy atom. The van der Waals surface area contributed by atoms with Crippen LogP contribution in [-0.2, 0) is 20.7 Å². The Hall–Kier alpha value is -2.90. The van der Waals surface area contributed by atoms with E-state index in [0.29, 0.717) is 36.9 Å². The number of nitrogens with zero attached hydrogens (tertiary/aromatic N) is 1. The number of amides is 2. The number of methoxy groups -OCH3 is 1. The third-order valence-electron chi connectivity index (χ3n) is 4.47. The number of morpholine rings is 1. The SMILES string of the molecule is COc1ccccc1CC(=O)Nc1ccc(NC(=O)CN2CCOCC2)cc1. The molecule has 1 aliphatic rings. The summed E-state index contributed by atoms with van der Waals surface area (Å²) in [5.41, 5.74) is 2.20. The van der Waals surface area contributed by atoms with Crippen LogP contribution in [0, 0.1) is 0 Å². The number of benzene rings is 2. The van der Waals surface area contributed by atoms with Gasteiger partial charge in [0.2, 0.25) is 11.8 Å². The minimum absolute atomic E-state index is 0.0603. The molecule has 28 heavy (non-hydrogen) atoms. The lowest BCUT2D eigenvalue weighted by Crippen LogP contribution is -2.41. The van der Waals surface area contributed by atoms with E-state index in [-0.39, 0.29) is 18.2 Å². The van der Waals surface area contributed by atoms with E-state index in [2.05, 4.69) is 15.5 Å². The van der Waals surface area contributed by atoms with Crippen molar-refractivity contribution in [2.75, 3.05) is 50.6 Å². The van der Waals surface area contributed by atoms with E-state index in [1.54, 1.807) is 31.4 Å². The molecule has 148 valence electrons. The van der Waals surface area contributed by atoms with Crippen molar-refractivity contribution in [3.05, 3.63) is 54.1 Å². The van der Waals surface area contributed by atoms with Gasteiger partial charge in [0, 0.05) is 30.0 Å². The fourth-order valence-corrected chi connectivity index (χ4v) is 3.03. The van der Waals surface area contributed by atoms with E-state index in [4.69, 9.17) is 9.47 Å². The number of hydrogen-bond donors (Lipinski definition) is 2. The number of rotatable bonds is 7. The van der Waals surface area contributed by atoms with Gasteiger partial charge < -0.3 is 20.1 Å². The Balaban J connectivity index is 1.49. The fourth-order valence-electron chi connectivity index (χ4n) is 3.03. The number of para-hydroxylation sites is 1. The molecule has 0 aliphatic carbocycles. The standard InChI is InChI=1S/C21H25N3O4/c1-27-19-5-3-2-4-16(19)14-20(25)22-17-6-8-18(9-7-17)23-21(26)15-24-10-12-28-13-11-24/h2-9H,10-15H2,1H3,(H,22,25)(H,23,26). The van der Waals surface area contributed by atoms with Crippen molar-refractivity contribution in [3.63, 3.8) is 0 Å². The van der Waals surface area contributed by atoms with Gasteiger partial charge >= 0.3 is 0 Å². The van der Waals surface area contributed by atoms with Crippen LogP contribution in [0.25, 0.3) is 0 Å². The Morgan fingerprint density at radius 1 is 0.964 bits per heavy atom. The van der Waals surface area contributed by atoms with Crippen LogP contribution in [0.5, 0.6) is 5.75 Å². The Bertz CT molecular complexity index is 802. The summed E-state index contributed by atoms with van der Waals surface area (Å²) in [4.78, 5) is 26.5. The number of carbonyl (C=O) groups is 2. The lowest BCUT2D eigenvalue weighted by Gasteiger charge is -2.25. The predicted octanol–water partition coefficient (Wildman–Crippen LogP) is 2.15. The molecule has 1 fully saturated rings. The van der Waals surface area contributed by atoms with Crippen molar-refractivity contribution < 1.29 is 19.1 Å². The van der Waals surface area contributed by atoms with Crippen LogP contribution >= 0.6 is 0 Å². The van der Waals surface area contributed by atoms with Gasteiger partial charge in [-0.2, -0.15) is 0 Å². The molecule has 7 heteroatoms. The van der Waals surface area contributed by atoms with Crippen LogP contribution in [-0.4, -0.2) is 56.7 Å². The summed E-state index contributed by atoms with van der Waals surface area (Å²) in [7, 11) is 1.59. The summed E-state index contributed by atoms with van der Waals surface area (Å²) in [5, 5.41) is 5.73. The van der Waals surface area contributed by atoms with Crippen molar-refractivity contribution in [3.8, 4) is 5.75 Å². The first-order chi connectivity index (χ1) is 13.6. The van der Waals surface area contributed by atoms with Gasteiger partial charge in [-0.05, 0) is 30.3 Å². The topological polar surface area (TPSA) is 79.9 Å². The predicted molar refractivity (Wildman–Crippen MR) is 108 cm³/mol. The maximum absolute atomic E-state index is 12.3. The summed E-state index contributed by atoms with van der Waals surface area (Å²) in [6.45, 7) is 3.21. The van der Waals surface area contributed by atoms with E-state index >= 15 is 0 Å². The van der Waals surface area contributed by atoms with E-state index in [0.717, 1.165) is 18.7 Å². The number of ether oxygens (including phenoxy) is 2. The molecule has 7 nitrogen and oxygen atoms in total. The van der Waals surface area contributed by atoms with Crippen molar-refractivity contribution in [2.45, 2.75) is 6.42 Å². The van der Waals surface area contributed by atoms with Crippen LogP contribution in [0.1, 0.15) is 5.56 Å². The smallest absolute Gasteiger partial charge is 0.238 e. The lowest BCUT2D eigenvalue weighted by atomic mass is 10.1. The lowest BCUT2D eigenvalue weighted by molar-refractivity contribution is -0.118. The van der Waals surface area contributed by atoms with Crippen LogP contribution in [0.3, 0.4) is 0 Å². The van der Waals surface area contributed by atoms with Gasteiger partial charge in [-0.3, -0.25) is 14.5 Å². The number of nitrogens with one attached hydrogen (secondary N) is 2. The molecule has 2 aromatic carbocycles. The summed E-state index contributed by atoms with van der Waals surface area (Å²) < 4.78 is 10.6. The minimum atomic E-state index is -0.131. The van der Waals surface area contributed by atoms with Gasteiger partial charge in [-0.25, -0.2) is 0 Å². The highest BCUT2D eigenvalue weighted by atomic mass is 16.5. The number of hydrogen-bond acceptors (Lipinski definition) is 5. The normalized spacial score (nSPS) is 14.3. The molecule has 2 amide bonds. The second-order valence-corrected chi connectivity index (χ2v) is 6.55. The maximum atomic E-state index is 12.3. The summed E-state index contributed by atoms with van der Waals surface area (Å²) in [6.07, 6.45) is 0.224. The molecular weight excluding hydrogens is 358 g/mol. The zero-order valence-electron chi connectivity index (χ0n) is 15.9. The Labute approximate surface area is 164 Å². The van der Waals surface area contributed by atoms with E-state index in [1.807, 2.05) is 24.3 Å². The molecule has 0 bridgehead atoms. The van der Waals surface area contributed by atoms with E-state index in [1.165, 1.54) is 0 Å². The van der Waals surface area contributed by atoms with Crippen molar-refractivity contribution in [1.82, 2.24) is 4.90 Å². The monoisotopic (exact) mass is 383 g/mol. The van der Waals surface area contributed by atoms with Gasteiger partial charge in [0.1, 0.15) is 5.75 Å². The minimum Gasteiger partial charge on any atom is -0.496 e. The molecular formula is C21H25N3O4. The summed E-state index contributed by atoms with van der Waals surface area (Å²) in [5.74, 6) is 0.499. The molecule has 2 aromatic rings. The first-order valence-corrected chi connectivity index (χ1v) is 9.26. The molecule has 1 saturated heterocycles. The molecule has 2 N–H and O–H groups in total. The molecule has 1 aliphatic heterocycles. The van der Waals surface area contributed by atoms with Gasteiger partial charge in [0.05, 0.1) is 33.3 Å². The maximum Gasteiger partial charge on any atom is 0.238 e. The summed E-state index contributed by atoms with van der Waals surface area (Å²) in [6, 6.07) is 14.5. The second-order valence-electron chi connectivity index (χ2n) is 6.55. The summed E-state index contributed by atoms with van der Waals surface area (Å²) >= 11 is 0. The molecule has 0 radical (unpaired) electrons. The molecule has 1 heterocycles. The van der Waals surface area contributed by atoms with E-state index < -0.39 is 0 Å². The quantitative estimate of drug-likeness (QED) is 0.766.